The number of anilines is 2. The van der Waals surface area contributed by atoms with Gasteiger partial charge in [-0.15, -0.1) is 0 Å². The quantitative estimate of drug-likeness (QED) is 0.833. The lowest BCUT2D eigenvalue weighted by Gasteiger charge is -2.23. The molecule has 0 aromatic carbocycles. The fourth-order valence-corrected chi connectivity index (χ4v) is 2.36. The van der Waals surface area contributed by atoms with Crippen molar-refractivity contribution < 1.29 is 0 Å². The minimum atomic E-state index is 0.641. The van der Waals surface area contributed by atoms with Crippen LogP contribution in [0.15, 0.2) is 6.20 Å². The fraction of sp³-hybridized carbons (Fsp3) is 0.615. The number of rotatable bonds is 6. The molecule has 2 heterocycles. The fourth-order valence-electron chi connectivity index (χ4n) is 2.36. The molecule has 1 aliphatic rings. The summed E-state index contributed by atoms with van der Waals surface area (Å²) >= 11 is 0. The van der Waals surface area contributed by atoms with Gasteiger partial charge in [-0.3, -0.25) is 5.10 Å². The van der Waals surface area contributed by atoms with Gasteiger partial charge < -0.3 is 10.2 Å². The van der Waals surface area contributed by atoms with E-state index in [0.717, 1.165) is 36.4 Å². The van der Waals surface area contributed by atoms with Gasteiger partial charge in [0.05, 0.1) is 11.6 Å². The van der Waals surface area contributed by atoms with Gasteiger partial charge in [-0.1, -0.05) is 6.92 Å². The molecule has 102 valence electrons. The van der Waals surface area contributed by atoms with Gasteiger partial charge in [-0.05, 0) is 26.2 Å². The summed E-state index contributed by atoms with van der Waals surface area (Å²) in [7, 11) is 0. The molecular weight excluding hydrogens is 240 g/mol. The van der Waals surface area contributed by atoms with Crippen LogP contribution in [0.1, 0.15) is 33.1 Å². The second-order valence-electron chi connectivity index (χ2n) is 4.96. The molecule has 3 rings (SSSR count). The molecule has 0 saturated heterocycles. The number of aromatic amines is 1. The largest absolute Gasteiger partial charge is 0.354 e. The average Bonchev–Trinajstić information content (AvgIpc) is 3.13. The van der Waals surface area contributed by atoms with Gasteiger partial charge >= 0.3 is 0 Å². The SMILES string of the molecule is CCCN(c1nc(NCC)nc2[nH]ncc12)C1CC1. The predicted molar refractivity (Wildman–Crippen MR) is 76.5 cm³/mol. The summed E-state index contributed by atoms with van der Waals surface area (Å²) in [4.78, 5) is 11.5. The van der Waals surface area contributed by atoms with E-state index >= 15 is 0 Å². The summed E-state index contributed by atoms with van der Waals surface area (Å²) in [5, 5.41) is 11.3. The van der Waals surface area contributed by atoms with Crippen LogP contribution < -0.4 is 10.2 Å². The van der Waals surface area contributed by atoms with Gasteiger partial charge in [0.25, 0.3) is 0 Å². The number of H-pyrrole nitrogens is 1. The summed E-state index contributed by atoms with van der Waals surface area (Å²) < 4.78 is 0. The normalized spacial score (nSPS) is 14.8. The maximum atomic E-state index is 4.69. The van der Waals surface area contributed by atoms with E-state index in [-0.39, 0.29) is 0 Å². The Morgan fingerprint density at radius 1 is 1.37 bits per heavy atom. The molecule has 1 saturated carbocycles. The minimum Gasteiger partial charge on any atom is -0.354 e. The van der Waals surface area contributed by atoms with E-state index in [9.17, 15) is 0 Å². The maximum absolute atomic E-state index is 4.69. The summed E-state index contributed by atoms with van der Waals surface area (Å²) in [5.41, 5.74) is 0.808. The van der Waals surface area contributed by atoms with Crippen LogP contribution >= 0.6 is 0 Å². The first-order valence-electron chi connectivity index (χ1n) is 7.05. The Morgan fingerprint density at radius 2 is 2.21 bits per heavy atom. The molecule has 6 heteroatoms. The summed E-state index contributed by atoms with van der Waals surface area (Å²) in [6.07, 6.45) is 5.47. The second-order valence-corrected chi connectivity index (χ2v) is 4.96. The molecule has 0 spiro atoms. The zero-order valence-electron chi connectivity index (χ0n) is 11.5. The lowest BCUT2D eigenvalue weighted by atomic mass is 10.3. The van der Waals surface area contributed by atoms with Crippen LogP contribution in [0.5, 0.6) is 0 Å². The highest BCUT2D eigenvalue weighted by atomic mass is 15.3. The molecule has 0 bridgehead atoms. The van der Waals surface area contributed by atoms with Crippen LogP contribution in [0.4, 0.5) is 11.8 Å². The Labute approximate surface area is 112 Å². The van der Waals surface area contributed by atoms with E-state index in [1.54, 1.807) is 0 Å². The van der Waals surface area contributed by atoms with Crippen LogP contribution in [-0.4, -0.2) is 39.3 Å². The minimum absolute atomic E-state index is 0.641. The summed E-state index contributed by atoms with van der Waals surface area (Å²) in [6, 6.07) is 0.641. The Balaban J connectivity index is 2.05. The van der Waals surface area contributed by atoms with Crippen molar-refractivity contribution in [1.29, 1.82) is 0 Å². The number of nitrogens with zero attached hydrogens (tertiary/aromatic N) is 4. The van der Waals surface area contributed by atoms with E-state index in [1.807, 2.05) is 13.1 Å². The molecule has 2 aromatic rings. The number of hydrogen-bond donors (Lipinski definition) is 2. The zero-order valence-corrected chi connectivity index (χ0v) is 11.5. The number of nitrogens with one attached hydrogen (secondary N) is 2. The zero-order chi connectivity index (χ0) is 13.2. The van der Waals surface area contributed by atoms with Crippen molar-refractivity contribution in [3.8, 4) is 0 Å². The molecule has 0 amide bonds. The number of fused-ring (bicyclic) bond motifs is 1. The van der Waals surface area contributed by atoms with E-state index in [4.69, 9.17) is 0 Å². The summed E-state index contributed by atoms with van der Waals surface area (Å²) in [5.74, 6) is 1.69. The molecule has 2 aromatic heterocycles. The van der Waals surface area contributed by atoms with Gasteiger partial charge in [-0.25, -0.2) is 0 Å². The third-order valence-electron chi connectivity index (χ3n) is 3.35. The van der Waals surface area contributed by atoms with Gasteiger partial charge in [0.15, 0.2) is 5.65 Å². The van der Waals surface area contributed by atoms with E-state index in [1.165, 1.54) is 12.8 Å². The van der Waals surface area contributed by atoms with Crippen molar-refractivity contribution in [2.45, 2.75) is 39.2 Å². The van der Waals surface area contributed by atoms with Crippen molar-refractivity contribution in [2.24, 2.45) is 0 Å². The highest BCUT2D eigenvalue weighted by molar-refractivity contribution is 5.87. The average molecular weight is 260 g/mol. The predicted octanol–water partition coefficient (Wildman–Crippen LogP) is 2.16. The molecule has 6 nitrogen and oxygen atoms in total. The number of aromatic nitrogens is 4. The Bertz CT molecular complexity index is 559. The summed E-state index contributed by atoms with van der Waals surface area (Å²) in [6.45, 7) is 6.10. The molecule has 2 N–H and O–H groups in total. The van der Waals surface area contributed by atoms with Crippen molar-refractivity contribution in [1.82, 2.24) is 20.2 Å². The molecule has 0 unspecified atom stereocenters. The number of hydrogen-bond acceptors (Lipinski definition) is 5. The van der Waals surface area contributed by atoms with Crippen molar-refractivity contribution >= 4 is 22.8 Å². The lowest BCUT2D eigenvalue weighted by Crippen LogP contribution is -2.28. The molecule has 0 aliphatic heterocycles. The molecule has 0 atom stereocenters. The first kappa shape index (κ1) is 12.2. The van der Waals surface area contributed by atoms with Crippen LogP contribution in [0.3, 0.4) is 0 Å². The third-order valence-corrected chi connectivity index (χ3v) is 3.35. The van der Waals surface area contributed by atoms with Crippen LogP contribution in [0.25, 0.3) is 11.0 Å². The van der Waals surface area contributed by atoms with E-state index in [0.29, 0.717) is 12.0 Å². The molecule has 19 heavy (non-hydrogen) atoms. The van der Waals surface area contributed by atoms with Crippen LogP contribution in [0.2, 0.25) is 0 Å². The monoisotopic (exact) mass is 260 g/mol. The van der Waals surface area contributed by atoms with Crippen LogP contribution in [0, 0.1) is 0 Å². The third kappa shape index (κ3) is 2.34. The highest BCUT2D eigenvalue weighted by Gasteiger charge is 2.31. The van der Waals surface area contributed by atoms with Gasteiger partial charge in [0, 0.05) is 19.1 Å². The first-order valence-corrected chi connectivity index (χ1v) is 7.05. The van der Waals surface area contributed by atoms with E-state index < -0.39 is 0 Å². The second kappa shape index (κ2) is 5.03. The Morgan fingerprint density at radius 3 is 2.89 bits per heavy atom. The highest BCUT2D eigenvalue weighted by Crippen LogP contribution is 2.34. The van der Waals surface area contributed by atoms with E-state index in [2.05, 4.69) is 37.3 Å². The van der Waals surface area contributed by atoms with Crippen LogP contribution in [-0.2, 0) is 0 Å². The lowest BCUT2D eigenvalue weighted by molar-refractivity contribution is 0.753. The van der Waals surface area contributed by atoms with Gasteiger partial charge in [-0.2, -0.15) is 15.1 Å². The topological polar surface area (TPSA) is 69.7 Å². The van der Waals surface area contributed by atoms with Crippen molar-refractivity contribution in [3.63, 3.8) is 0 Å². The van der Waals surface area contributed by atoms with Crippen molar-refractivity contribution in [2.75, 3.05) is 23.3 Å². The molecule has 1 aliphatic carbocycles. The van der Waals surface area contributed by atoms with Gasteiger partial charge in [0.1, 0.15) is 5.82 Å². The smallest absolute Gasteiger partial charge is 0.226 e. The Hall–Kier alpha value is -1.85. The standard InChI is InChI=1S/C13H20N6/c1-3-7-19(9-5-6-9)12-10-8-15-18-11(10)16-13(17-12)14-4-2/h8-9H,3-7H2,1-2H3,(H2,14,15,16,17,18). The molecule has 0 radical (unpaired) electrons. The Kier molecular flexibility index (Phi) is 3.23. The van der Waals surface area contributed by atoms with Crippen molar-refractivity contribution in [3.05, 3.63) is 6.20 Å². The molecule has 1 fully saturated rings. The molecular formula is C13H20N6. The first-order chi connectivity index (χ1) is 9.33. The maximum Gasteiger partial charge on any atom is 0.226 e. The van der Waals surface area contributed by atoms with Gasteiger partial charge in [0.2, 0.25) is 5.95 Å².